The predicted octanol–water partition coefficient (Wildman–Crippen LogP) is 3.09. The van der Waals surface area contributed by atoms with Gasteiger partial charge in [-0.25, -0.2) is 18.4 Å². The summed E-state index contributed by atoms with van der Waals surface area (Å²) < 4.78 is 25.6. The third-order valence-electron chi connectivity index (χ3n) is 4.26. The van der Waals surface area contributed by atoms with Crippen molar-refractivity contribution >= 4 is 54.7 Å². The molecule has 0 saturated heterocycles. The number of thiophene rings is 1. The molecule has 0 bridgehead atoms. The quantitative estimate of drug-likeness (QED) is 0.526. The molecule has 1 fully saturated rings. The van der Waals surface area contributed by atoms with E-state index in [1.807, 2.05) is 6.07 Å². The van der Waals surface area contributed by atoms with E-state index in [1.165, 1.54) is 18.3 Å². The molecule has 1 aromatic carbocycles. The van der Waals surface area contributed by atoms with Crippen molar-refractivity contribution in [3.05, 3.63) is 29.1 Å². The fraction of sp³-hybridized carbons (Fsp3) is 0.278. The summed E-state index contributed by atoms with van der Waals surface area (Å²) in [5.74, 6) is 0.346. The van der Waals surface area contributed by atoms with Gasteiger partial charge >= 0.3 is 0 Å². The van der Waals surface area contributed by atoms with E-state index >= 15 is 0 Å². The number of hydrogen-bond acceptors (Lipinski definition) is 8. The van der Waals surface area contributed by atoms with E-state index < -0.39 is 10.0 Å². The van der Waals surface area contributed by atoms with Gasteiger partial charge in [0.05, 0.1) is 27.9 Å². The van der Waals surface area contributed by atoms with Crippen molar-refractivity contribution in [2.75, 3.05) is 22.0 Å². The monoisotopic (exact) mass is 417 g/mol. The van der Waals surface area contributed by atoms with Crippen LogP contribution >= 0.6 is 11.3 Å². The number of fused-ring (bicyclic) bond motifs is 1. The van der Waals surface area contributed by atoms with Gasteiger partial charge in [-0.3, -0.25) is 9.52 Å². The number of rotatable bonds is 6. The highest BCUT2D eigenvalue weighted by molar-refractivity contribution is 7.92. The van der Waals surface area contributed by atoms with Crippen LogP contribution in [0.4, 0.5) is 17.3 Å². The van der Waals surface area contributed by atoms with Crippen molar-refractivity contribution in [1.29, 1.82) is 0 Å². The van der Waals surface area contributed by atoms with Gasteiger partial charge in [-0.2, -0.15) is 0 Å². The first-order valence-corrected chi connectivity index (χ1v) is 11.4. The SMILES string of the molecule is CC(=O)c1sc2nc(NC3CC3)nc(-c3cccc(NS(C)(=O)=O)c3)c2c1N. The van der Waals surface area contributed by atoms with E-state index in [2.05, 4.69) is 20.0 Å². The Morgan fingerprint density at radius 1 is 1.29 bits per heavy atom. The zero-order valence-corrected chi connectivity index (χ0v) is 16.9. The maximum Gasteiger partial charge on any atom is 0.229 e. The fourth-order valence-electron chi connectivity index (χ4n) is 2.91. The minimum Gasteiger partial charge on any atom is -0.397 e. The number of nitrogen functional groups attached to an aromatic ring is 1. The van der Waals surface area contributed by atoms with Crippen molar-refractivity contribution in [1.82, 2.24) is 9.97 Å². The number of hydrogen-bond donors (Lipinski definition) is 3. The van der Waals surface area contributed by atoms with Gasteiger partial charge in [0, 0.05) is 24.2 Å². The number of carbonyl (C=O) groups excluding carboxylic acids is 1. The first-order valence-electron chi connectivity index (χ1n) is 8.67. The van der Waals surface area contributed by atoms with Gasteiger partial charge in [0.2, 0.25) is 16.0 Å². The highest BCUT2D eigenvalue weighted by Gasteiger charge is 2.25. The molecule has 0 unspecified atom stereocenters. The van der Waals surface area contributed by atoms with Crippen molar-refractivity contribution in [3.63, 3.8) is 0 Å². The summed E-state index contributed by atoms with van der Waals surface area (Å²) in [5, 5.41) is 3.88. The Bertz CT molecular complexity index is 1200. The molecule has 28 heavy (non-hydrogen) atoms. The van der Waals surface area contributed by atoms with Gasteiger partial charge in [0.25, 0.3) is 0 Å². The molecule has 2 aromatic heterocycles. The van der Waals surface area contributed by atoms with Crippen LogP contribution in [0.3, 0.4) is 0 Å². The molecule has 0 aliphatic heterocycles. The lowest BCUT2D eigenvalue weighted by molar-refractivity contribution is 0.102. The van der Waals surface area contributed by atoms with Crippen molar-refractivity contribution < 1.29 is 13.2 Å². The lowest BCUT2D eigenvalue weighted by Gasteiger charge is -2.10. The molecule has 146 valence electrons. The number of nitrogens with two attached hydrogens (primary N) is 1. The number of nitrogens with one attached hydrogen (secondary N) is 2. The third kappa shape index (κ3) is 3.78. The summed E-state index contributed by atoms with van der Waals surface area (Å²) in [6.45, 7) is 1.47. The van der Waals surface area contributed by atoms with E-state index in [9.17, 15) is 13.2 Å². The maximum atomic E-state index is 12.0. The summed E-state index contributed by atoms with van der Waals surface area (Å²) in [7, 11) is -3.41. The number of sulfonamides is 1. The molecule has 2 heterocycles. The van der Waals surface area contributed by atoms with Crippen molar-refractivity contribution in [2.45, 2.75) is 25.8 Å². The Balaban J connectivity index is 1.91. The summed E-state index contributed by atoms with van der Waals surface area (Å²) in [4.78, 5) is 22.2. The Hall–Kier alpha value is -2.72. The van der Waals surface area contributed by atoms with Gasteiger partial charge in [0.1, 0.15) is 4.83 Å². The van der Waals surface area contributed by atoms with E-state index in [-0.39, 0.29) is 5.78 Å². The van der Waals surface area contributed by atoms with Gasteiger partial charge < -0.3 is 11.1 Å². The maximum absolute atomic E-state index is 12.0. The van der Waals surface area contributed by atoms with Crippen LogP contribution in [-0.4, -0.2) is 36.5 Å². The molecular weight excluding hydrogens is 398 g/mol. The second-order valence-corrected chi connectivity index (χ2v) is 9.60. The van der Waals surface area contributed by atoms with Gasteiger partial charge in [-0.05, 0) is 25.0 Å². The summed E-state index contributed by atoms with van der Waals surface area (Å²) in [5.41, 5.74) is 8.27. The second kappa shape index (κ2) is 6.71. The van der Waals surface area contributed by atoms with Crippen LogP contribution in [0.15, 0.2) is 24.3 Å². The average Bonchev–Trinajstić information content (AvgIpc) is 3.34. The summed E-state index contributed by atoms with van der Waals surface area (Å²) >= 11 is 1.24. The van der Waals surface area contributed by atoms with Crippen LogP contribution < -0.4 is 15.8 Å². The molecule has 4 rings (SSSR count). The number of aromatic nitrogens is 2. The minimum absolute atomic E-state index is 0.129. The molecule has 4 N–H and O–H groups in total. The zero-order chi connectivity index (χ0) is 20.1. The smallest absolute Gasteiger partial charge is 0.229 e. The highest BCUT2D eigenvalue weighted by Crippen LogP contribution is 2.40. The Morgan fingerprint density at radius 3 is 2.68 bits per heavy atom. The molecule has 1 saturated carbocycles. The van der Waals surface area contributed by atoms with Gasteiger partial charge in [0.15, 0.2) is 5.78 Å². The molecule has 10 heteroatoms. The van der Waals surface area contributed by atoms with Crippen molar-refractivity contribution in [2.24, 2.45) is 0 Å². The van der Waals surface area contributed by atoms with Crippen molar-refractivity contribution in [3.8, 4) is 11.3 Å². The predicted molar refractivity (Wildman–Crippen MR) is 112 cm³/mol. The van der Waals surface area contributed by atoms with E-state index in [4.69, 9.17) is 5.73 Å². The zero-order valence-electron chi connectivity index (χ0n) is 15.3. The van der Waals surface area contributed by atoms with Crippen LogP contribution in [0, 0.1) is 0 Å². The molecule has 8 nitrogen and oxygen atoms in total. The standard InChI is InChI=1S/C18H19N5O3S2/c1-9(24)16-14(19)13-15(10-4-3-5-12(8-10)23-28(2,25)26)21-18(20-11-6-7-11)22-17(13)27-16/h3-5,8,11,23H,6-7,19H2,1-2H3,(H,20,21,22). The number of ketones is 1. The molecular formula is C18H19N5O3S2. The fourth-order valence-corrected chi connectivity index (χ4v) is 4.46. The van der Waals surface area contributed by atoms with Gasteiger partial charge in [-0.15, -0.1) is 11.3 Å². The number of anilines is 3. The second-order valence-electron chi connectivity index (χ2n) is 6.85. The van der Waals surface area contributed by atoms with E-state index in [0.717, 1.165) is 19.1 Å². The first-order chi connectivity index (χ1) is 13.2. The molecule has 0 spiro atoms. The van der Waals surface area contributed by atoms with Crippen LogP contribution in [0.25, 0.3) is 21.5 Å². The average molecular weight is 418 g/mol. The number of Topliss-reactive ketones (excluding diaryl/α,β-unsaturated/α-hetero) is 1. The third-order valence-corrected chi connectivity index (χ3v) is 6.06. The highest BCUT2D eigenvalue weighted by atomic mass is 32.2. The van der Waals surface area contributed by atoms with Crippen LogP contribution in [0.5, 0.6) is 0 Å². The molecule has 1 aliphatic carbocycles. The number of nitrogens with zero attached hydrogens (tertiary/aromatic N) is 2. The Labute approximate surface area is 166 Å². The molecule has 0 radical (unpaired) electrons. The normalized spacial score (nSPS) is 14.2. The first kappa shape index (κ1) is 18.6. The lowest BCUT2D eigenvalue weighted by Crippen LogP contribution is -2.09. The molecule has 1 aliphatic rings. The van der Waals surface area contributed by atoms with E-state index in [1.54, 1.807) is 18.2 Å². The Kier molecular flexibility index (Phi) is 4.47. The van der Waals surface area contributed by atoms with Crippen LogP contribution in [0.2, 0.25) is 0 Å². The summed E-state index contributed by atoms with van der Waals surface area (Å²) in [6.07, 6.45) is 3.22. The topological polar surface area (TPSA) is 127 Å². The lowest BCUT2D eigenvalue weighted by atomic mass is 10.1. The molecule has 3 aromatic rings. The largest absolute Gasteiger partial charge is 0.397 e. The van der Waals surface area contributed by atoms with Gasteiger partial charge in [-0.1, -0.05) is 12.1 Å². The number of carbonyl (C=O) groups is 1. The van der Waals surface area contributed by atoms with E-state index in [0.29, 0.717) is 49.7 Å². The molecule has 0 amide bonds. The molecule has 0 atom stereocenters. The van der Waals surface area contributed by atoms with Crippen LogP contribution in [-0.2, 0) is 10.0 Å². The Morgan fingerprint density at radius 2 is 2.04 bits per heavy atom. The number of benzene rings is 1. The summed E-state index contributed by atoms with van der Waals surface area (Å²) in [6, 6.07) is 7.26. The minimum atomic E-state index is -3.41. The van der Waals surface area contributed by atoms with Crippen LogP contribution in [0.1, 0.15) is 29.4 Å².